The van der Waals surface area contributed by atoms with E-state index in [4.69, 9.17) is 0 Å². The number of nitrogens with one attached hydrogen (secondary N) is 1. The molecule has 1 aliphatic heterocycles. The number of rotatable bonds is 0. The molecule has 15 heavy (non-hydrogen) atoms. The Morgan fingerprint density at radius 3 is 2.87 bits per heavy atom. The van der Waals surface area contributed by atoms with Gasteiger partial charge in [0, 0.05) is 5.56 Å². The van der Waals surface area contributed by atoms with Crippen molar-refractivity contribution in [2.45, 2.75) is 0 Å². The maximum atomic E-state index is 11.3. The number of amides is 1. The molecular formula is C11H6BrNO2. The van der Waals surface area contributed by atoms with Crippen molar-refractivity contribution < 1.29 is 9.59 Å². The fourth-order valence-electron chi connectivity index (χ4n) is 1.36. The van der Waals surface area contributed by atoms with Gasteiger partial charge in [-0.15, -0.1) is 0 Å². The molecule has 1 amide bonds. The van der Waals surface area contributed by atoms with E-state index in [0.29, 0.717) is 16.6 Å². The van der Waals surface area contributed by atoms with Crippen LogP contribution in [0.2, 0.25) is 0 Å². The summed E-state index contributed by atoms with van der Waals surface area (Å²) in [6, 6.07) is 5.05. The minimum absolute atomic E-state index is 0.421. The second-order valence-corrected chi connectivity index (χ2v) is 3.54. The first-order valence-electron chi connectivity index (χ1n) is 4.27. The Balaban J connectivity index is 2.42. The zero-order valence-electron chi connectivity index (χ0n) is 7.63. The predicted molar refractivity (Wildman–Crippen MR) is 60.1 cm³/mol. The summed E-state index contributed by atoms with van der Waals surface area (Å²) < 4.78 is 0. The van der Waals surface area contributed by atoms with Crippen molar-refractivity contribution in [3.05, 3.63) is 29.3 Å². The van der Waals surface area contributed by atoms with Crippen molar-refractivity contribution in [3.63, 3.8) is 0 Å². The topological polar surface area (TPSA) is 46.2 Å². The van der Waals surface area contributed by atoms with Gasteiger partial charge in [-0.3, -0.25) is 9.59 Å². The third kappa shape index (κ3) is 1.79. The number of ketones is 1. The number of carbonyl (C=O) groups is 2. The van der Waals surface area contributed by atoms with E-state index < -0.39 is 11.7 Å². The Morgan fingerprint density at radius 2 is 2.13 bits per heavy atom. The number of alkyl halides is 1. The Kier molecular flexibility index (Phi) is 2.57. The highest BCUT2D eigenvalue weighted by atomic mass is 79.9. The van der Waals surface area contributed by atoms with E-state index in [1.54, 1.807) is 18.2 Å². The molecule has 0 aromatic heterocycles. The highest BCUT2D eigenvalue weighted by molar-refractivity contribution is 9.09. The second kappa shape index (κ2) is 3.87. The van der Waals surface area contributed by atoms with E-state index in [1.165, 1.54) is 0 Å². The summed E-state index contributed by atoms with van der Waals surface area (Å²) in [6.07, 6.45) is 0. The highest BCUT2D eigenvalue weighted by Gasteiger charge is 2.27. The van der Waals surface area contributed by atoms with Crippen LogP contribution in [0, 0.1) is 11.8 Å². The Bertz CT molecular complexity index is 511. The normalized spacial score (nSPS) is 12.9. The Morgan fingerprint density at radius 1 is 1.33 bits per heavy atom. The summed E-state index contributed by atoms with van der Waals surface area (Å²) in [5, 5.41) is 3.09. The van der Waals surface area contributed by atoms with Gasteiger partial charge in [-0.2, -0.15) is 0 Å². The van der Waals surface area contributed by atoms with Crippen molar-refractivity contribution in [1.29, 1.82) is 0 Å². The van der Waals surface area contributed by atoms with Crippen LogP contribution in [-0.2, 0) is 4.79 Å². The third-order valence-corrected chi connectivity index (χ3v) is 2.30. The van der Waals surface area contributed by atoms with E-state index in [9.17, 15) is 9.59 Å². The molecule has 1 aromatic carbocycles. The Hall–Kier alpha value is -1.60. The van der Waals surface area contributed by atoms with Crippen molar-refractivity contribution in [1.82, 2.24) is 0 Å². The molecule has 3 nitrogen and oxygen atoms in total. The van der Waals surface area contributed by atoms with Gasteiger partial charge >= 0.3 is 0 Å². The smallest absolute Gasteiger partial charge is 0.296 e. The van der Waals surface area contributed by atoms with Crippen molar-refractivity contribution in [3.8, 4) is 11.8 Å². The maximum Gasteiger partial charge on any atom is 0.296 e. The molecule has 1 N–H and O–H groups in total. The molecule has 0 atom stereocenters. The van der Waals surface area contributed by atoms with Gasteiger partial charge in [0.25, 0.3) is 11.7 Å². The zero-order chi connectivity index (χ0) is 10.8. The standard InChI is InChI=1S/C11H6BrNO2/c12-5-1-2-7-3-4-8-9(6-7)13-11(15)10(8)14/h3-4,6H,5H2,(H,13,14,15). The van der Waals surface area contributed by atoms with Crippen LogP contribution in [0.5, 0.6) is 0 Å². The largest absolute Gasteiger partial charge is 0.318 e. The summed E-state index contributed by atoms with van der Waals surface area (Å²) in [5.74, 6) is 4.69. The molecule has 1 aromatic rings. The SMILES string of the molecule is O=C1Nc2cc(C#CCBr)ccc2C1=O. The number of halogens is 1. The van der Waals surface area contributed by atoms with Crippen molar-refractivity contribution >= 4 is 33.3 Å². The average Bonchev–Trinajstić information content (AvgIpc) is 2.52. The molecule has 0 aliphatic carbocycles. The van der Waals surface area contributed by atoms with Crippen LogP contribution in [0.15, 0.2) is 18.2 Å². The number of hydrogen-bond acceptors (Lipinski definition) is 2. The lowest BCUT2D eigenvalue weighted by Gasteiger charge is -1.96. The molecule has 0 bridgehead atoms. The van der Waals surface area contributed by atoms with E-state index in [-0.39, 0.29) is 0 Å². The lowest BCUT2D eigenvalue weighted by molar-refractivity contribution is -0.112. The Labute approximate surface area is 95.0 Å². The first-order valence-corrected chi connectivity index (χ1v) is 5.39. The average molecular weight is 264 g/mol. The highest BCUT2D eigenvalue weighted by Crippen LogP contribution is 2.23. The van der Waals surface area contributed by atoms with E-state index >= 15 is 0 Å². The first kappa shape index (κ1) is 9.94. The number of fused-ring (bicyclic) bond motifs is 1. The van der Waals surface area contributed by atoms with Crippen LogP contribution >= 0.6 is 15.9 Å². The molecule has 0 saturated heterocycles. The van der Waals surface area contributed by atoms with Crippen molar-refractivity contribution in [2.24, 2.45) is 0 Å². The summed E-state index contributed by atoms with van der Waals surface area (Å²) in [6.45, 7) is 0. The van der Waals surface area contributed by atoms with Crippen LogP contribution in [0.25, 0.3) is 0 Å². The van der Waals surface area contributed by atoms with Crippen LogP contribution in [0.1, 0.15) is 15.9 Å². The maximum absolute atomic E-state index is 11.3. The van der Waals surface area contributed by atoms with Gasteiger partial charge in [0.1, 0.15) is 0 Å². The molecule has 74 valence electrons. The van der Waals surface area contributed by atoms with Crippen LogP contribution in [0.3, 0.4) is 0 Å². The van der Waals surface area contributed by atoms with Crippen LogP contribution < -0.4 is 5.32 Å². The molecule has 1 aliphatic rings. The summed E-state index contributed by atoms with van der Waals surface area (Å²) in [4.78, 5) is 22.3. The molecular weight excluding hydrogens is 258 g/mol. The van der Waals surface area contributed by atoms with Gasteiger partial charge in [0.2, 0.25) is 0 Å². The molecule has 0 fully saturated rings. The van der Waals surface area contributed by atoms with Gasteiger partial charge in [-0.25, -0.2) is 0 Å². The summed E-state index contributed by atoms with van der Waals surface area (Å²) >= 11 is 3.19. The third-order valence-electron chi connectivity index (χ3n) is 2.02. The molecule has 1 heterocycles. The lowest BCUT2D eigenvalue weighted by atomic mass is 10.1. The number of hydrogen-bond donors (Lipinski definition) is 1. The lowest BCUT2D eigenvalue weighted by Crippen LogP contribution is -2.12. The predicted octanol–water partition coefficient (Wildman–Crippen LogP) is 1.57. The first-order chi connectivity index (χ1) is 7.22. The quantitative estimate of drug-likeness (QED) is 0.439. The van der Waals surface area contributed by atoms with Gasteiger partial charge in [0.05, 0.1) is 16.6 Å². The van der Waals surface area contributed by atoms with E-state index in [1.807, 2.05) is 0 Å². The van der Waals surface area contributed by atoms with Gasteiger partial charge in [-0.1, -0.05) is 27.8 Å². The van der Waals surface area contributed by atoms with Crippen LogP contribution in [-0.4, -0.2) is 17.0 Å². The summed E-state index contributed by atoms with van der Waals surface area (Å²) in [5.41, 5.74) is 1.75. The van der Waals surface area contributed by atoms with Crippen molar-refractivity contribution in [2.75, 3.05) is 10.6 Å². The van der Waals surface area contributed by atoms with Gasteiger partial charge in [0.15, 0.2) is 0 Å². The minimum Gasteiger partial charge on any atom is -0.318 e. The number of anilines is 1. The zero-order valence-corrected chi connectivity index (χ0v) is 9.22. The molecule has 2 rings (SSSR count). The fourth-order valence-corrected chi connectivity index (χ4v) is 1.50. The van der Waals surface area contributed by atoms with E-state index in [2.05, 4.69) is 33.1 Å². The second-order valence-electron chi connectivity index (χ2n) is 2.98. The van der Waals surface area contributed by atoms with Crippen LogP contribution in [0.4, 0.5) is 5.69 Å². The molecule has 0 spiro atoms. The molecule has 0 radical (unpaired) electrons. The summed E-state index contributed by atoms with van der Waals surface area (Å²) in [7, 11) is 0. The molecule has 0 unspecified atom stereocenters. The number of Topliss-reactive ketones (excluding diaryl/α,β-unsaturated/α-hetero) is 1. The van der Waals surface area contributed by atoms with Gasteiger partial charge in [-0.05, 0) is 18.2 Å². The van der Waals surface area contributed by atoms with E-state index in [0.717, 1.165) is 5.56 Å². The molecule has 4 heteroatoms. The number of carbonyl (C=O) groups excluding carboxylic acids is 2. The fraction of sp³-hybridized carbons (Fsp3) is 0.0909. The monoisotopic (exact) mass is 263 g/mol. The molecule has 0 saturated carbocycles. The minimum atomic E-state index is -0.574. The number of benzene rings is 1. The van der Waals surface area contributed by atoms with Gasteiger partial charge < -0.3 is 5.32 Å².